The highest BCUT2D eigenvalue weighted by Gasteiger charge is 2.22. The third-order valence-electron chi connectivity index (χ3n) is 5.60. The molecule has 0 fully saturated rings. The highest BCUT2D eigenvalue weighted by Crippen LogP contribution is 2.11. The SMILES string of the molecule is CC(C)(C)OC(=O)NC(=NCCCCCCNC(=O)CNC(=O)NCCCCN(CCCNC(=O)O)C(=O)OC(C)(C)C)NC(=O)O. The summed E-state index contributed by atoms with van der Waals surface area (Å²) in [5, 5.41) is 32.0. The highest BCUT2D eigenvalue weighted by atomic mass is 16.6. The number of nitrogens with zero attached hydrogens (tertiary/aromatic N) is 2. The molecule has 0 rings (SSSR count). The van der Waals surface area contributed by atoms with Gasteiger partial charge in [-0.05, 0) is 73.6 Å². The van der Waals surface area contributed by atoms with Gasteiger partial charge in [0.15, 0.2) is 0 Å². The normalized spacial score (nSPS) is 11.5. The Hall–Kier alpha value is -4.51. The topological polar surface area (TPSA) is 249 Å². The summed E-state index contributed by atoms with van der Waals surface area (Å²) in [6.07, 6.45) is 0.581. The van der Waals surface area contributed by atoms with E-state index in [1.807, 2.05) is 5.32 Å². The minimum Gasteiger partial charge on any atom is -0.465 e. The largest absolute Gasteiger partial charge is 0.465 e. The van der Waals surface area contributed by atoms with Crippen LogP contribution in [0.3, 0.4) is 0 Å². The van der Waals surface area contributed by atoms with Crippen LogP contribution in [0.15, 0.2) is 4.99 Å². The maximum Gasteiger partial charge on any atom is 0.414 e. The van der Waals surface area contributed by atoms with Crippen molar-refractivity contribution in [3.8, 4) is 0 Å². The van der Waals surface area contributed by atoms with E-state index in [0.29, 0.717) is 58.3 Å². The van der Waals surface area contributed by atoms with Crippen LogP contribution < -0.4 is 31.9 Å². The van der Waals surface area contributed by atoms with Crippen molar-refractivity contribution in [1.29, 1.82) is 0 Å². The lowest BCUT2D eigenvalue weighted by atomic mass is 10.2. The second-order valence-corrected chi connectivity index (χ2v) is 12.4. The van der Waals surface area contributed by atoms with Gasteiger partial charge in [-0.2, -0.15) is 0 Å². The Morgan fingerprint density at radius 2 is 1.21 bits per heavy atom. The van der Waals surface area contributed by atoms with Crippen LogP contribution in [-0.4, -0.2) is 114 Å². The molecule has 8 N–H and O–H groups in total. The molecule has 0 bridgehead atoms. The van der Waals surface area contributed by atoms with E-state index in [0.717, 1.165) is 12.8 Å². The van der Waals surface area contributed by atoms with E-state index in [4.69, 9.17) is 19.7 Å². The summed E-state index contributed by atoms with van der Waals surface area (Å²) in [7, 11) is 0. The molecule has 0 aliphatic heterocycles. The van der Waals surface area contributed by atoms with Crippen LogP contribution in [-0.2, 0) is 14.3 Å². The molecule has 0 atom stereocenters. The summed E-state index contributed by atoms with van der Waals surface area (Å²) in [4.78, 5) is 75.5. The Labute approximate surface area is 276 Å². The third kappa shape index (κ3) is 27.5. The first kappa shape index (κ1) is 42.5. The number of amides is 7. The van der Waals surface area contributed by atoms with Crippen molar-refractivity contribution in [2.45, 2.75) is 97.7 Å². The molecule has 0 saturated carbocycles. The number of carbonyl (C=O) groups is 6. The quantitative estimate of drug-likeness (QED) is 0.0600. The molecule has 18 heteroatoms. The van der Waals surface area contributed by atoms with Crippen molar-refractivity contribution >= 4 is 42.3 Å². The Bertz CT molecular complexity index is 1040. The lowest BCUT2D eigenvalue weighted by Crippen LogP contribution is -2.45. The van der Waals surface area contributed by atoms with E-state index < -0.39 is 41.6 Å². The van der Waals surface area contributed by atoms with E-state index >= 15 is 0 Å². The summed E-state index contributed by atoms with van der Waals surface area (Å²) in [6, 6.07) is -0.498. The van der Waals surface area contributed by atoms with Crippen LogP contribution >= 0.6 is 0 Å². The number of hydrogen-bond acceptors (Lipinski definition) is 9. The van der Waals surface area contributed by atoms with Crippen molar-refractivity contribution in [2.24, 2.45) is 4.99 Å². The van der Waals surface area contributed by atoms with Crippen LogP contribution in [0.4, 0.5) is 24.0 Å². The number of urea groups is 1. The number of ether oxygens (including phenoxy) is 2. The summed E-state index contributed by atoms with van der Waals surface area (Å²) in [6.45, 7) is 12.0. The van der Waals surface area contributed by atoms with Gasteiger partial charge in [0.05, 0.1) is 6.54 Å². The van der Waals surface area contributed by atoms with Crippen LogP contribution in [0.2, 0.25) is 0 Å². The minimum absolute atomic E-state index is 0.193. The maximum atomic E-state index is 12.5. The fourth-order valence-corrected chi connectivity index (χ4v) is 3.62. The number of guanidine groups is 1. The molecule has 18 nitrogen and oxygen atoms in total. The predicted molar refractivity (Wildman–Crippen MR) is 173 cm³/mol. The fourth-order valence-electron chi connectivity index (χ4n) is 3.62. The second kappa shape index (κ2) is 22.9. The molecule has 7 amide bonds. The lowest BCUT2D eigenvalue weighted by molar-refractivity contribution is -0.120. The van der Waals surface area contributed by atoms with E-state index in [2.05, 4.69) is 31.6 Å². The van der Waals surface area contributed by atoms with Gasteiger partial charge in [-0.25, -0.2) is 24.0 Å². The molecule has 0 aliphatic rings. The van der Waals surface area contributed by atoms with Gasteiger partial charge in [-0.15, -0.1) is 0 Å². The molecule has 0 unspecified atom stereocenters. The van der Waals surface area contributed by atoms with Gasteiger partial charge in [0.1, 0.15) is 11.2 Å². The standard InChI is InChI=1S/C29H54N8O10/c1-28(2,3)46-26(44)36-22(35-25(42)43)31-15-10-8-7-9-14-30-21(38)20-34-23(39)32-16-11-12-18-37(19-13-17-33-24(40)41)27(45)47-29(4,5)6/h33H,7-20H2,1-6H3,(H,30,38)(H,40,41)(H,42,43)(H2,32,34,39)(H2,31,35,36,44). The van der Waals surface area contributed by atoms with Gasteiger partial charge in [-0.1, -0.05) is 12.8 Å². The molecular formula is C29H54N8O10. The van der Waals surface area contributed by atoms with Gasteiger partial charge in [-0.3, -0.25) is 20.4 Å². The van der Waals surface area contributed by atoms with Crippen LogP contribution in [0, 0.1) is 0 Å². The fraction of sp³-hybridized carbons (Fsp3) is 0.759. The average molecular weight is 675 g/mol. The number of carboxylic acid groups (broad SMARTS) is 2. The third-order valence-corrected chi connectivity index (χ3v) is 5.60. The zero-order valence-corrected chi connectivity index (χ0v) is 28.5. The predicted octanol–water partition coefficient (Wildman–Crippen LogP) is 2.79. The Kier molecular flexibility index (Phi) is 20.7. The minimum atomic E-state index is -1.37. The molecule has 0 radical (unpaired) electrons. The van der Waals surface area contributed by atoms with Crippen molar-refractivity contribution in [2.75, 3.05) is 45.8 Å². The summed E-state index contributed by atoms with van der Waals surface area (Å²) < 4.78 is 10.5. The molecule has 0 aromatic carbocycles. The Morgan fingerprint density at radius 1 is 0.638 bits per heavy atom. The van der Waals surface area contributed by atoms with Gasteiger partial charge < -0.3 is 45.9 Å². The van der Waals surface area contributed by atoms with Crippen molar-refractivity contribution in [3.05, 3.63) is 0 Å². The van der Waals surface area contributed by atoms with Crippen LogP contribution in [0.1, 0.15) is 86.5 Å². The van der Waals surface area contributed by atoms with Gasteiger partial charge in [0.2, 0.25) is 11.9 Å². The molecule has 0 aliphatic carbocycles. The zero-order chi connectivity index (χ0) is 35.9. The van der Waals surface area contributed by atoms with E-state index in [1.54, 1.807) is 41.5 Å². The monoisotopic (exact) mass is 674 g/mol. The first-order chi connectivity index (χ1) is 21.9. The van der Waals surface area contributed by atoms with E-state index in [9.17, 15) is 28.8 Å². The maximum absolute atomic E-state index is 12.5. The molecule has 0 aromatic rings. The summed E-state index contributed by atoms with van der Waals surface area (Å²) in [5.41, 5.74) is -1.42. The molecule has 0 saturated heterocycles. The van der Waals surface area contributed by atoms with Gasteiger partial charge >= 0.3 is 30.4 Å². The smallest absolute Gasteiger partial charge is 0.414 e. The number of alkyl carbamates (subject to hydrolysis) is 1. The van der Waals surface area contributed by atoms with Crippen LogP contribution in [0.25, 0.3) is 0 Å². The molecule has 47 heavy (non-hydrogen) atoms. The van der Waals surface area contributed by atoms with Gasteiger partial charge in [0.25, 0.3) is 0 Å². The Balaban J connectivity index is 4.17. The number of rotatable bonds is 18. The Morgan fingerprint density at radius 3 is 1.83 bits per heavy atom. The number of unbranched alkanes of at least 4 members (excludes halogenated alkanes) is 4. The number of carbonyl (C=O) groups excluding carboxylic acids is 4. The number of aliphatic imine (C=N–C) groups is 1. The molecule has 0 heterocycles. The zero-order valence-electron chi connectivity index (χ0n) is 28.5. The lowest BCUT2D eigenvalue weighted by Gasteiger charge is -2.27. The first-order valence-corrected chi connectivity index (χ1v) is 15.7. The highest BCUT2D eigenvalue weighted by molar-refractivity contribution is 6.00. The molecule has 270 valence electrons. The summed E-state index contributed by atoms with van der Waals surface area (Å²) in [5.74, 6) is -0.562. The first-order valence-electron chi connectivity index (χ1n) is 15.7. The van der Waals surface area contributed by atoms with Crippen molar-refractivity contribution < 1.29 is 48.5 Å². The van der Waals surface area contributed by atoms with E-state index in [1.165, 1.54) is 4.90 Å². The van der Waals surface area contributed by atoms with Crippen molar-refractivity contribution in [1.82, 2.24) is 36.8 Å². The molecular weight excluding hydrogens is 620 g/mol. The van der Waals surface area contributed by atoms with Crippen LogP contribution in [0.5, 0.6) is 0 Å². The number of nitrogens with one attached hydrogen (secondary N) is 6. The van der Waals surface area contributed by atoms with Crippen molar-refractivity contribution in [3.63, 3.8) is 0 Å². The average Bonchev–Trinajstić information content (AvgIpc) is 2.91. The molecule has 0 spiro atoms. The molecule has 0 aromatic heterocycles. The number of hydrogen-bond donors (Lipinski definition) is 8. The second-order valence-electron chi connectivity index (χ2n) is 12.4. The van der Waals surface area contributed by atoms with Gasteiger partial charge in [0, 0.05) is 39.3 Å². The van der Waals surface area contributed by atoms with E-state index in [-0.39, 0.29) is 31.5 Å². The summed E-state index contributed by atoms with van der Waals surface area (Å²) >= 11 is 0.